The summed E-state index contributed by atoms with van der Waals surface area (Å²) < 4.78 is 5.38. The highest BCUT2D eigenvalue weighted by Gasteiger charge is 2.35. The van der Waals surface area contributed by atoms with Gasteiger partial charge in [0.1, 0.15) is 0 Å². The lowest BCUT2D eigenvalue weighted by Gasteiger charge is -2.37. The molecule has 138 valence electrons. The van der Waals surface area contributed by atoms with Crippen molar-refractivity contribution >= 4 is 29.3 Å². The van der Waals surface area contributed by atoms with E-state index in [4.69, 9.17) is 16.1 Å². The van der Waals surface area contributed by atoms with E-state index in [1.54, 1.807) is 23.9 Å². The molecule has 0 atom stereocenters. The van der Waals surface area contributed by atoms with Crippen molar-refractivity contribution in [3.8, 4) is 11.4 Å². The van der Waals surface area contributed by atoms with Crippen LogP contribution in [0.25, 0.3) is 11.4 Å². The maximum Gasteiger partial charge on any atom is 0.233 e. The van der Waals surface area contributed by atoms with Crippen molar-refractivity contribution in [1.82, 2.24) is 15.0 Å². The number of halogens is 1. The summed E-state index contributed by atoms with van der Waals surface area (Å²) in [6, 6.07) is 17.5. The maximum atomic E-state index is 12.3. The van der Waals surface area contributed by atoms with Crippen molar-refractivity contribution < 1.29 is 9.32 Å². The molecule has 0 aliphatic carbocycles. The van der Waals surface area contributed by atoms with Gasteiger partial charge in [0.15, 0.2) is 0 Å². The van der Waals surface area contributed by atoms with Crippen LogP contribution in [0, 0.1) is 0 Å². The second-order valence-corrected chi connectivity index (χ2v) is 7.98. The topological polar surface area (TPSA) is 59.2 Å². The molecule has 4 rings (SSSR count). The first-order chi connectivity index (χ1) is 13.2. The molecule has 5 nitrogen and oxygen atoms in total. The third kappa shape index (κ3) is 4.34. The molecule has 1 amide bonds. The molecule has 1 aliphatic rings. The first-order valence-electron chi connectivity index (χ1n) is 8.74. The zero-order valence-corrected chi connectivity index (χ0v) is 16.1. The monoisotopic (exact) mass is 399 g/mol. The molecule has 7 heteroatoms. The Bertz CT molecular complexity index is 926. The van der Waals surface area contributed by atoms with Gasteiger partial charge in [-0.05, 0) is 24.3 Å². The van der Waals surface area contributed by atoms with Crippen LogP contribution in [-0.4, -0.2) is 39.8 Å². The summed E-state index contributed by atoms with van der Waals surface area (Å²) in [4.78, 5) is 19.8. The Hall–Kier alpha value is -2.31. The molecule has 0 saturated carbocycles. The van der Waals surface area contributed by atoms with E-state index in [-0.39, 0.29) is 11.8 Å². The van der Waals surface area contributed by atoms with Crippen LogP contribution in [-0.2, 0) is 4.79 Å². The highest BCUT2D eigenvalue weighted by molar-refractivity contribution is 7.99. The van der Waals surface area contributed by atoms with Crippen molar-refractivity contribution in [1.29, 1.82) is 0 Å². The Labute approximate surface area is 166 Å². The molecule has 1 aromatic heterocycles. The fraction of sp³-hybridized carbons (Fsp3) is 0.250. The van der Waals surface area contributed by atoms with Gasteiger partial charge in [-0.3, -0.25) is 4.79 Å². The van der Waals surface area contributed by atoms with Crippen LogP contribution in [0.3, 0.4) is 0 Å². The van der Waals surface area contributed by atoms with Crippen molar-refractivity contribution in [3.63, 3.8) is 0 Å². The summed E-state index contributed by atoms with van der Waals surface area (Å²) in [5, 5.41) is 4.66. The van der Waals surface area contributed by atoms with E-state index in [1.807, 2.05) is 35.2 Å². The molecule has 0 spiro atoms. The van der Waals surface area contributed by atoms with Gasteiger partial charge < -0.3 is 9.42 Å². The molecule has 0 N–H and O–H groups in total. The second-order valence-electron chi connectivity index (χ2n) is 6.37. The van der Waals surface area contributed by atoms with Gasteiger partial charge in [-0.2, -0.15) is 4.98 Å². The van der Waals surface area contributed by atoms with Crippen molar-refractivity contribution in [2.75, 3.05) is 18.8 Å². The fourth-order valence-electron chi connectivity index (χ4n) is 2.92. The van der Waals surface area contributed by atoms with Gasteiger partial charge in [-0.25, -0.2) is 0 Å². The molecule has 0 unspecified atom stereocenters. The molecule has 3 aromatic rings. The minimum absolute atomic E-state index is 0.108. The zero-order chi connectivity index (χ0) is 18.6. The number of thioether (sulfide) groups is 1. The van der Waals surface area contributed by atoms with Crippen LogP contribution in [0.5, 0.6) is 0 Å². The van der Waals surface area contributed by atoms with Crippen molar-refractivity contribution in [2.45, 2.75) is 17.2 Å². The number of hydrogen-bond donors (Lipinski definition) is 0. The quantitative estimate of drug-likeness (QED) is 0.571. The number of aromatic nitrogens is 2. The van der Waals surface area contributed by atoms with Crippen LogP contribution in [0.15, 0.2) is 64.0 Å². The van der Waals surface area contributed by atoms with Crippen molar-refractivity contribution in [2.24, 2.45) is 0 Å². The Morgan fingerprint density at radius 3 is 2.78 bits per heavy atom. The molecule has 0 radical (unpaired) electrons. The number of amides is 1. The Kier molecular flexibility index (Phi) is 5.45. The van der Waals surface area contributed by atoms with Gasteiger partial charge in [0.2, 0.25) is 17.6 Å². The minimum Gasteiger partial charge on any atom is -0.341 e. The number of carbonyl (C=O) groups excluding carboxylic acids is 1. The number of nitrogens with zero attached hydrogens (tertiary/aromatic N) is 3. The minimum atomic E-state index is 0.108. The van der Waals surface area contributed by atoms with Crippen LogP contribution in [0.1, 0.15) is 18.2 Å². The number of carbonyl (C=O) groups is 1. The van der Waals surface area contributed by atoms with Gasteiger partial charge >= 0.3 is 0 Å². The lowest BCUT2D eigenvalue weighted by molar-refractivity contribution is -0.135. The first kappa shape index (κ1) is 18.1. The van der Waals surface area contributed by atoms with Gasteiger partial charge in [-0.15, -0.1) is 11.8 Å². The molecular formula is C20H18ClN3O2S. The van der Waals surface area contributed by atoms with Crippen LogP contribution < -0.4 is 0 Å². The van der Waals surface area contributed by atoms with Gasteiger partial charge in [-0.1, -0.05) is 47.1 Å². The Morgan fingerprint density at radius 1 is 1.19 bits per heavy atom. The van der Waals surface area contributed by atoms with Crippen molar-refractivity contribution in [3.05, 3.63) is 65.5 Å². The third-order valence-electron chi connectivity index (χ3n) is 4.44. The van der Waals surface area contributed by atoms with E-state index < -0.39 is 0 Å². The smallest absolute Gasteiger partial charge is 0.233 e. The summed E-state index contributed by atoms with van der Waals surface area (Å²) in [6.45, 7) is 1.26. The maximum absolute atomic E-state index is 12.3. The summed E-state index contributed by atoms with van der Waals surface area (Å²) in [7, 11) is 0. The predicted molar refractivity (Wildman–Crippen MR) is 106 cm³/mol. The number of rotatable bonds is 6. The van der Waals surface area contributed by atoms with E-state index in [1.165, 1.54) is 4.90 Å². The highest BCUT2D eigenvalue weighted by atomic mass is 35.5. The average molecular weight is 400 g/mol. The average Bonchev–Trinajstić information content (AvgIpc) is 3.11. The van der Waals surface area contributed by atoms with E-state index in [0.29, 0.717) is 36.2 Å². The molecular weight excluding hydrogens is 382 g/mol. The van der Waals surface area contributed by atoms with Gasteiger partial charge in [0.05, 0.1) is 5.92 Å². The van der Waals surface area contributed by atoms with E-state index in [0.717, 1.165) is 11.3 Å². The third-order valence-corrected chi connectivity index (χ3v) is 5.68. The summed E-state index contributed by atoms with van der Waals surface area (Å²) in [6.07, 6.45) is 0.532. The largest absolute Gasteiger partial charge is 0.341 e. The van der Waals surface area contributed by atoms with Gasteiger partial charge in [0.25, 0.3) is 0 Å². The van der Waals surface area contributed by atoms with Crippen LogP contribution in [0.2, 0.25) is 5.02 Å². The second kappa shape index (κ2) is 8.15. The van der Waals surface area contributed by atoms with Crippen LogP contribution in [0.4, 0.5) is 0 Å². The molecule has 1 aliphatic heterocycles. The first-order valence-corrected chi connectivity index (χ1v) is 10.1. The summed E-state index contributed by atoms with van der Waals surface area (Å²) >= 11 is 7.71. The van der Waals surface area contributed by atoms with Gasteiger partial charge in [0, 0.05) is 40.7 Å². The summed E-state index contributed by atoms with van der Waals surface area (Å²) in [5.41, 5.74) is 0.822. The summed E-state index contributed by atoms with van der Waals surface area (Å²) in [5.74, 6) is 2.16. The molecule has 2 aromatic carbocycles. The Morgan fingerprint density at radius 2 is 2.00 bits per heavy atom. The lowest BCUT2D eigenvalue weighted by atomic mass is 10.00. The standard InChI is InChI=1S/C20H18ClN3O2S/c21-16-6-4-5-14(11-16)19-22-20(26-23-19)15-12-24(13-15)18(25)9-10-27-17-7-2-1-3-8-17/h1-8,11,15H,9-10,12-13H2. The highest BCUT2D eigenvalue weighted by Crippen LogP contribution is 2.29. The lowest BCUT2D eigenvalue weighted by Crippen LogP contribution is -2.48. The van der Waals surface area contributed by atoms with E-state index >= 15 is 0 Å². The number of likely N-dealkylation sites (tertiary alicyclic amines) is 1. The molecule has 1 saturated heterocycles. The van der Waals surface area contributed by atoms with Crippen LogP contribution >= 0.6 is 23.4 Å². The number of hydrogen-bond acceptors (Lipinski definition) is 5. The normalized spacial score (nSPS) is 14.2. The van der Waals surface area contributed by atoms with E-state index in [2.05, 4.69) is 22.3 Å². The SMILES string of the molecule is O=C(CCSc1ccccc1)N1CC(c2nc(-c3cccc(Cl)c3)no2)C1. The fourth-order valence-corrected chi connectivity index (χ4v) is 3.97. The number of benzene rings is 2. The molecule has 1 fully saturated rings. The predicted octanol–water partition coefficient (Wildman–Crippen LogP) is 4.50. The zero-order valence-electron chi connectivity index (χ0n) is 14.5. The Balaban J connectivity index is 1.26. The molecule has 0 bridgehead atoms. The molecule has 27 heavy (non-hydrogen) atoms. The molecule has 2 heterocycles. The van der Waals surface area contributed by atoms with E-state index in [9.17, 15) is 4.79 Å².